The van der Waals surface area contributed by atoms with Crippen LogP contribution in [0.2, 0.25) is 0 Å². The van der Waals surface area contributed by atoms with Crippen LogP contribution in [0.15, 0.2) is 0 Å². The Morgan fingerprint density at radius 3 is 2.50 bits per heavy atom. The van der Waals surface area contributed by atoms with Crippen molar-refractivity contribution in [1.29, 1.82) is 0 Å². The van der Waals surface area contributed by atoms with Gasteiger partial charge >= 0.3 is 0 Å². The van der Waals surface area contributed by atoms with Gasteiger partial charge in [-0.1, -0.05) is 26.2 Å². The number of hydrogen-bond donors (Lipinski definition) is 0. The molecule has 0 fully saturated rings. The Balaban J connectivity index is 2.96. The predicted molar refractivity (Wildman–Crippen MR) is 43.7 cm³/mol. The molecule has 1 radical (unpaired) electrons. The largest absolute Gasteiger partial charge is 0.300 e. The summed E-state index contributed by atoms with van der Waals surface area (Å²) in [5.41, 5.74) is 0. The number of hydrogen-bond acceptors (Lipinski definition) is 1. The second-order valence-electron chi connectivity index (χ2n) is 2.60. The van der Waals surface area contributed by atoms with Crippen LogP contribution in [0.1, 0.15) is 45.4 Å². The molecular weight excluding hydrogens is 124 g/mol. The molecule has 0 aromatic carbocycles. The average molecular weight is 141 g/mol. The zero-order chi connectivity index (χ0) is 7.82. The van der Waals surface area contributed by atoms with Gasteiger partial charge in [-0.25, -0.2) is 0 Å². The van der Waals surface area contributed by atoms with E-state index in [1.807, 2.05) is 0 Å². The average Bonchev–Trinajstić information content (AvgIpc) is 1.98. The Labute approximate surface area is 63.8 Å². The highest BCUT2D eigenvalue weighted by atomic mass is 16.1. The van der Waals surface area contributed by atoms with Crippen molar-refractivity contribution in [2.45, 2.75) is 45.4 Å². The van der Waals surface area contributed by atoms with Crippen LogP contribution in [-0.4, -0.2) is 5.78 Å². The van der Waals surface area contributed by atoms with Crippen LogP contribution in [-0.2, 0) is 4.79 Å². The van der Waals surface area contributed by atoms with E-state index in [0.29, 0.717) is 12.2 Å². The molecule has 0 heterocycles. The summed E-state index contributed by atoms with van der Waals surface area (Å²) in [6.07, 6.45) is 5.95. The lowest BCUT2D eigenvalue weighted by Gasteiger charge is -1.95. The first kappa shape index (κ1) is 9.67. The van der Waals surface area contributed by atoms with Crippen molar-refractivity contribution in [2.75, 3.05) is 0 Å². The molecule has 0 rings (SSSR count). The van der Waals surface area contributed by atoms with Crippen LogP contribution < -0.4 is 0 Å². The molecular formula is C9H17O. The van der Waals surface area contributed by atoms with Gasteiger partial charge in [0.25, 0.3) is 0 Å². The Hall–Kier alpha value is -0.330. The van der Waals surface area contributed by atoms with Crippen molar-refractivity contribution in [3.63, 3.8) is 0 Å². The van der Waals surface area contributed by atoms with E-state index in [0.717, 1.165) is 12.8 Å². The molecule has 0 amide bonds. The molecule has 0 aliphatic rings. The maximum Gasteiger partial charge on any atom is 0.132 e. The second-order valence-corrected chi connectivity index (χ2v) is 2.60. The van der Waals surface area contributed by atoms with Crippen molar-refractivity contribution >= 4 is 5.78 Å². The second kappa shape index (κ2) is 6.79. The maximum absolute atomic E-state index is 10.7. The first-order valence-electron chi connectivity index (χ1n) is 4.12. The predicted octanol–water partition coefficient (Wildman–Crippen LogP) is 2.75. The van der Waals surface area contributed by atoms with E-state index in [4.69, 9.17) is 0 Å². The molecule has 1 nitrogen and oxygen atoms in total. The third-order valence-electron chi connectivity index (χ3n) is 1.59. The number of carbonyl (C=O) groups excluding carboxylic acids is 1. The van der Waals surface area contributed by atoms with E-state index >= 15 is 0 Å². The Morgan fingerprint density at radius 2 is 2.00 bits per heavy atom. The van der Waals surface area contributed by atoms with Gasteiger partial charge in [-0.05, 0) is 13.3 Å². The molecule has 59 valence electrons. The quantitative estimate of drug-likeness (QED) is 0.520. The molecule has 0 atom stereocenters. The fourth-order valence-electron chi connectivity index (χ4n) is 0.874. The molecule has 0 saturated heterocycles. The fourth-order valence-corrected chi connectivity index (χ4v) is 0.874. The van der Waals surface area contributed by atoms with Crippen LogP contribution in [0.4, 0.5) is 0 Å². The lowest BCUT2D eigenvalue weighted by Crippen LogP contribution is -1.93. The van der Waals surface area contributed by atoms with Gasteiger partial charge in [-0.15, -0.1) is 0 Å². The van der Waals surface area contributed by atoms with Crippen molar-refractivity contribution < 1.29 is 4.79 Å². The molecule has 0 aromatic rings. The van der Waals surface area contributed by atoms with E-state index in [-0.39, 0.29) is 0 Å². The summed E-state index contributed by atoms with van der Waals surface area (Å²) < 4.78 is 0. The highest BCUT2D eigenvalue weighted by molar-refractivity contribution is 5.78. The number of ketones is 1. The van der Waals surface area contributed by atoms with Crippen LogP contribution in [0, 0.1) is 6.92 Å². The molecule has 0 unspecified atom stereocenters. The summed E-state index contributed by atoms with van der Waals surface area (Å²) in [5, 5.41) is 0. The molecule has 0 spiro atoms. The Bertz CT molecular complexity index is 86.7. The standard InChI is InChI=1S/C9H17O/c1-3-5-6-7-8-9(10)4-2/h2-8H2,1H3. The highest BCUT2D eigenvalue weighted by Gasteiger charge is 1.95. The minimum absolute atomic E-state index is 0.302. The minimum Gasteiger partial charge on any atom is -0.300 e. The lowest BCUT2D eigenvalue weighted by atomic mass is 10.1. The van der Waals surface area contributed by atoms with Gasteiger partial charge < -0.3 is 0 Å². The van der Waals surface area contributed by atoms with Gasteiger partial charge in [0.1, 0.15) is 5.78 Å². The lowest BCUT2D eigenvalue weighted by molar-refractivity contribution is -0.118. The smallest absolute Gasteiger partial charge is 0.132 e. The fraction of sp³-hybridized carbons (Fsp3) is 0.778. The van der Waals surface area contributed by atoms with Gasteiger partial charge in [0.2, 0.25) is 0 Å². The zero-order valence-corrected chi connectivity index (χ0v) is 6.86. The van der Waals surface area contributed by atoms with Gasteiger partial charge in [-0.3, -0.25) is 4.79 Å². The number of Topliss-reactive ketones (excluding diaryl/α,β-unsaturated/α-hetero) is 1. The summed E-state index contributed by atoms with van der Waals surface area (Å²) in [6.45, 7) is 5.70. The number of rotatable bonds is 6. The molecule has 10 heavy (non-hydrogen) atoms. The van der Waals surface area contributed by atoms with Crippen molar-refractivity contribution in [1.82, 2.24) is 0 Å². The zero-order valence-electron chi connectivity index (χ0n) is 6.86. The molecule has 0 N–H and O–H groups in total. The van der Waals surface area contributed by atoms with E-state index in [2.05, 4.69) is 13.8 Å². The van der Waals surface area contributed by atoms with Crippen LogP contribution in [0.3, 0.4) is 0 Å². The monoisotopic (exact) mass is 141 g/mol. The summed E-state index contributed by atoms with van der Waals surface area (Å²) in [6, 6.07) is 0. The Kier molecular flexibility index (Phi) is 6.56. The number of carbonyl (C=O) groups is 1. The third-order valence-corrected chi connectivity index (χ3v) is 1.59. The topological polar surface area (TPSA) is 17.1 Å². The molecule has 0 aliphatic carbocycles. The van der Waals surface area contributed by atoms with Crippen molar-refractivity contribution in [3.05, 3.63) is 6.92 Å². The van der Waals surface area contributed by atoms with Gasteiger partial charge in [-0.2, -0.15) is 0 Å². The molecule has 0 aliphatic heterocycles. The van der Waals surface area contributed by atoms with Crippen molar-refractivity contribution in [3.8, 4) is 0 Å². The summed E-state index contributed by atoms with van der Waals surface area (Å²) in [5.74, 6) is 0.302. The van der Waals surface area contributed by atoms with Gasteiger partial charge in [0, 0.05) is 12.8 Å². The van der Waals surface area contributed by atoms with Gasteiger partial charge in [0.05, 0.1) is 0 Å². The van der Waals surface area contributed by atoms with Crippen LogP contribution in [0.5, 0.6) is 0 Å². The van der Waals surface area contributed by atoms with E-state index < -0.39 is 0 Å². The Morgan fingerprint density at radius 1 is 1.30 bits per heavy atom. The molecule has 0 aromatic heterocycles. The minimum atomic E-state index is 0.302. The maximum atomic E-state index is 10.7. The van der Waals surface area contributed by atoms with E-state index in [9.17, 15) is 4.79 Å². The van der Waals surface area contributed by atoms with E-state index in [1.165, 1.54) is 19.3 Å². The first-order valence-corrected chi connectivity index (χ1v) is 4.12. The van der Waals surface area contributed by atoms with Gasteiger partial charge in [0.15, 0.2) is 0 Å². The molecule has 1 heteroatoms. The third kappa shape index (κ3) is 5.80. The highest BCUT2D eigenvalue weighted by Crippen LogP contribution is 2.03. The summed E-state index contributed by atoms with van der Waals surface area (Å²) in [7, 11) is 0. The number of unbranched alkanes of at least 4 members (excludes halogenated alkanes) is 3. The SMILES string of the molecule is [CH2]CC(=O)CCCCCC. The first-order chi connectivity index (χ1) is 4.81. The van der Waals surface area contributed by atoms with Crippen molar-refractivity contribution in [2.24, 2.45) is 0 Å². The molecule has 0 saturated carbocycles. The van der Waals surface area contributed by atoms with Crippen LogP contribution >= 0.6 is 0 Å². The summed E-state index contributed by atoms with van der Waals surface area (Å²) in [4.78, 5) is 10.7. The normalized spacial score (nSPS) is 9.80. The van der Waals surface area contributed by atoms with E-state index in [1.54, 1.807) is 0 Å². The van der Waals surface area contributed by atoms with Crippen LogP contribution in [0.25, 0.3) is 0 Å². The summed E-state index contributed by atoms with van der Waals surface area (Å²) >= 11 is 0. The molecule has 0 bridgehead atoms.